The fourth-order valence-corrected chi connectivity index (χ4v) is 2.49. The number of nitrogens with two attached hydrogens (primary N) is 1. The molecule has 7 heteroatoms. The van der Waals surface area contributed by atoms with Gasteiger partial charge < -0.3 is 10.2 Å². The molecule has 0 bridgehead atoms. The van der Waals surface area contributed by atoms with Gasteiger partial charge in [0.15, 0.2) is 5.82 Å². The number of anilines is 1. The van der Waals surface area contributed by atoms with Crippen molar-refractivity contribution in [2.75, 3.05) is 12.0 Å². The Morgan fingerprint density at radius 3 is 2.95 bits per heavy atom. The van der Waals surface area contributed by atoms with Crippen molar-refractivity contribution in [1.82, 2.24) is 9.97 Å². The van der Waals surface area contributed by atoms with Gasteiger partial charge in [-0.3, -0.25) is 0 Å². The van der Waals surface area contributed by atoms with Gasteiger partial charge in [-0.15, -0.1) is 0 Å². The van der Waals surface area contributed by atoms with E-state index in [4.69, 9.17) is 10.6 Å². The molecule has 0 aliphatic carbocycles. The average Bonchev–Trinajstić information content (AvgIpc) is 2.49. The lowest BCUT2D eigenvalue weighted by Crippen LogP contribution is -2.19. The highest BCUT2D eigenvalue weighted by molar-refractivity contribution is 9.10. The average molecular weight is 339 g/mol. The van der Waals surface area contributed by atoms with Crippen LogP contribution in [0.3, 0.4) is 0 Å². The van der Waals surface area contributed by atoms with Crippen LogP contribution in [0.4, 0.5) is 10.2 Å². The Balaban J connectivity index is 2.11. The second-order valence-corrected chi connectivity index (χ2v) is 5.25. The van der Waals surface area contributed by atoms with Gasteiger partial charge in [-0.1, -0.05) is 0 Å². The molecule has 20 heavy (non-hydrogen) atoms. The maximum absolute atomic E-state index is 13.3. The van der Waals surface area contributed by atoms with Crippen molar-refractivity contribution in [2.45, 2.75) is 13.0 Å². The monoisotopic (exact) mass is 338 g/mol. The summed E-state index contributed by atoms with van der Waals surface area (Å²) in [6.45, 7) is 1.07. The van der Waals surface area contributed by atoms with Crippen molar-refractivity contribution in [1.29, 1.82) is 0 Å². The van der Waals surface area contributed by atoms with Crippen LogP contribution in [-0.2, 0) is 17.8 Å². The third-order valence-corrected chi connectivity index (χ3v) is 3.74. The first-order valence-electron chi connectivity index (χ1n) is 6.08. The van der Waals surface area contributed by atoms with Crippen LogP contribution in [0.5, 0.6) is 0 Å². The lowest BCUT2D eigenvalue weighted by atomic mass is 10.1. The highest BCUT2D eigenvalue weighted by Crippen LogP contribution is 2.27. The lowest BCUT2D eigenvalue weighted by Gasteiger charge is -2.19. The number of fused-ring (bicyclic) bond motifs is 1. The minimum Gasteiger partial charge on any atom is -0.376 e. The lowest BCUT2D eigenvalue weighted by molar-refractivity contribution is 0.109. The Morgan fingerprint density at radius 1 is 1.35 bits per heavy atom. The third-order valence-electron chi connectivity index (χ3n) is 3.14. The molecule has 1 aromatic heterocycles. The van der Waals surface area contributed by atoms with Gasteiger partial charge in [0.1, 0.15) is 11.6 Å². The molecule has 5 nitrogen and oxygen atoms in total. The molecule has 0 fully saturated rings. The summed E-state index contributed by atoms with van der Waals surface area (Å²) in [6.07, 6.45) is 0.710. The minimum absolute atomic E-state index is 0.322. The molecule has 3 N–H and O–H groups in total. The number of halogens is 2. The van der Waals surface area contributed by atoms with E-state index < -0.39 is 0 Å². The molecule has 1 aliphatic heterocycles. The summed E-state index contributed by atoms with van der Waals surface area (Å²) in [4.78, 5) is 8.91. The van der Waals surface area contributed by atoms with Gasteiger partial charge in [-0.25, -0.2) is 20.2 Å². The van der Waals surface area contributed by atoms with Gasteiger partial charge in [-0.05, 0) is 34.1 Å². The van der Waals surface area contributed by atoms with Crippen molar-refractivity contribution in [3.63, 3.8) is 0 Å². The fourth-order valence-electron chi connectivity index (χ4n) is 2.12. The molecule has 1 aliphatic rings. The SMILES string of the molecule is NNc1nc(-c2ccc(F)c(Br)c2)nc2c1COCC2. The molecule has 0 atom stereocenters. The number of hydrogen-bond acceptors (Lipinski definition) is 5. The van der Waals surface area contributed by atoms with E-state index in [1.54, 1.807) is 12.1 Å². The van der Waals surface area contributed by atoms with E-state index in [0.29, 0.717) is 35.7 Å². The molecule has 0 amide bonds. The number of hydrazine groups is 1. The maximum atomic E-state index is 13.3. The van der Waals surface area contributed by atoms with Gasteiger partial charge in [0.25, 0.3) is 0 Å². The molecule has 0 saturated heterocycles. The van der Waals surface area contributed by atoms with E-state index in [0.717, 1.165) is 16.8 Å². The summed E-state index contributed by atoms with van der Waals surface area (Å²) >= 11 is 3.16. The molecule has 0 saturated carbocycles. The second-order valence-electron chi connectivity index (χ2n) is 4.40. The first-order valence-corrected chi connectivity index (χ1v) is 6.88. The van der Waals surface area contributed by atoms with E-state index in [1.165, 1.54) is 6.07 Å². The van der Waals surface area contributed by atoms with Crippen molar-refractivity contribution in [3.05, 3.63) is 39.7 Å². The van der Waals surface area contributed by atoms with Crippen LogP contribution in [-0.4, -0.2) is 16.6 Å². The van der Waals surface area contributed by atoms with Crippen LogP contribution < -0.4 is 11.3 Å². The second kappa shape index (κ2) is 5.43. The van der Waals surface area contributed by atoms with E-state index in [2.05, 4.69) is 31.3 Å². The molecular formula is C13H12BrFN4O. The van der Waals surface area contributed by atoms with Crippen LogP contribution in [0.25, 0.3) is 11.4 Å². The number of nitrogens with one attached hydrogen (secondary N) is 1. The molecule has 2 heterocycles. The molecular weight excluding hydrogens is 327 g/mol. The first-order chi connectivity index (χ1) is 9.69. The Kier molecular flexibility index (Phi) is 3.64. The number of nitrogen functional groups attached to an aromatic ring is 1. The minimum atomic E-state index is -0.322. The van der Waals surface area contributed by atoms with Gasteiger partial charge in [0.05, 0.1) is 23.4 Å². The van der Waals surface area contributed by atoms with Crippen molar-refractivity contribution in [2.24, 2.45) is 5.84 Å². The number of nitrogens with zero attached hydrogens (tertiary/aromatic N) is 2. The topological polar surface area (TPSA) is 73.1 Å². The van der Waals surface area contributed by atoms with Gasteiger partial charge in [-0.2, -0.15) is 0 Å². The highest BCUT2D eigenvalue weighted by Gasteiger charge is 2.18. The van der Waals surface area contributed by atoms with Crippen LogP contribution in [0.2, 0.25) is 0 Å². The van der Waals surface area contributed by atoms with E-state index in [-0.39, 0.29) is 5.82 Å². The van der Waals surface area contributed by atoms with Gasteiger partial charge in [0.2, 0.25) is 0 Å². The molecule has 0 spiro atoms. The standard InChI is InChI=1S/C13H12BrFN4O/c14-9-5-7(1-2-10(9)15)12-17-11-3-4-20-6-8(11)13(18-12)19-16/h1-2,5H,3-4,6,16H2,(H,17,18,19). The summed E-state index contributed by atoms with van der Waals surface area (Å²) in [5.74, 6) is 6.25. The van der Waals surface area contributed by atoms with Crippen LogP contribution in [0.15, 0.2) is 22.7 Å². The van der Waals surface area contributed by atoms with E-state index >= 15 is 0 Å². The zero-order chi connectivity index (χ0) is 14.1. The molecule has 1 aromatic carbocycles. The van der Waals surface area contributed by atoms with Crippen molar-refractivity contribution in [3.8, 4) is 11.4 Å². The molecule has 104 valence electrons. The Bertz CT molecular complexity index is 648. The predicted molar refractivity (Wildman–Crippen MR) is 76.3 cm³/mol. The fraction of sp³-hybridized carbons (Fsp3) is 0.231. The highest BCUT2D eigenvalue weighted by atomic mass is 79.9. The van der Waals surface area contributed by atoms with Gasteiger partial charge >= 0.3 is 0 Å². The Labute approximate surface area is 123 Å². The summed E-state index contributed by atoms with van der Waals surface area (Å²) in [7, 11) is 0. The predicted octanol–water partition coefficient (Wildman–Crippen LogP) is 2.40. The maximum Gasteiger partial charge on any atom is 0.161 e. The zero-order valence-electron chi connectivity index (χ0n) is 10.5. The van der Waals surface area contributed by atoms with Crippen molar-refractivity contribution < 1.29 is 9.13 Å². The van der Waals surface area contributed by atoms with Crippen molar-refractivity contribution >= 4 is 21.7 Å². The molecule has 0 radical (unpaired) electrons. The summed E-state index contributed by atoms with van der Waals surface area (Å²) in [6, 6.07) is 4.67. The largest absolute Gasteiger partial charge is 0.376 e. The number of rotatable bonds is 2. The third kappa shape index (κ3) is 2.39. The summed E-state index contributed by atoms with van der Waals surface area (Å²) in [5, 5.41) is 0. The molecule has 3 rings (SSSR count). The van der Waals surface area contributed by atoms with Crippen LogP contribution >= 0.6 is 15.9 Å². The first kappa shape index (κ1) is 13.4. The van der Waals surface area contributed by atoms with Crippen LogP contribution in [0, 0.1) is 5.82 Å². The quantitative estimate of drug-likeness (QED) is 0.649. The van der Waals surface area contributed by atoms with E-state index in [1.807, 2.05) is 0 Å². The van der Waals surface area contributed by atoms with Crippen LogP contribution in [0.1, 0.15) is 11.3 Å². The number of benzene rings is 1. The summed E-state index contributed by atoms with van der Waals surface area (Å²) in [5.41, 5.74) is 5.09. The normalized spacial score (nSPS) is 13.9. The smallest absolute Gasteiger partial charge is 0.161 e. The Morgan fingerprint density at radius 2 is 2.20 bits per heavy atom. The number of hydrogen-bond donors (Lipinski definition) is 2. The van der Waals surface area contributed by atoms with Gasteiger partial charge in [0, 0.05) is 17.5 Å². The number of ether oxygens (including phenoxy) is 1. The summed E-state index contributed by atoms with van der Waals surface area (Å²) < 4.78 is 19.1. The molecule has 2 aromatic rings. The zero-order valence-corrected chi connectivity index (χ0v) is 12.1. The Hall–Kier alpha value is -1.57. The number of aromatic nitrogens is 2. The molecule has 0 unspecified atom stereocenters. The van der Waals surface area contributed by atoms with E-state index in [9.17, 15) is 4.39 Å².